The number of amides is 1. The standard InChI is InChI=1S/C19H24N2O2/c1-13-15(9-6-10-16(13)20)17-11-12-18(23-17)19(22)21(2)14-7-4-3-5-8-14/h6,9-12,14H,3-5,7-8,20H2,1-2H3. The molecule has 0 radical (unpaired) electrons. The first kappa shape index (κ1) is 15.7. The molecule has 0 spiro atoms. The molecule has 1 saturated carbocycles. The monoisotopic (exact) mass is 312 g/mol. The van der Waals surface area contributed by atoms with E-state index in [2.05, 4.69) is 0 Å². The molecular weight excluding hydrogens is 288 g/mol. The van der Waals surface area contributed by atoms with Gasteiger partial charge in [-0.3, -0.25) is 4.79 Å². The highest BCUT2D eigenvalue weighted by atomic mass is 16.4. The number of nitrogens with two attached hydrogens (primary N) is 1. The molecule has 1 aliphatic rings. The summed E-state index contributed by atoms with van der Waals surface area (Å²) in [5.74, 6) is 1.05. The lowest BCUT2D eigenvalue weighted by atomic mass is 9.94. The molecule has 23 heavy (non-hydrogen) atoms. The van der Waals surface area contributed by atoms with Crippen molar-refractivity contribution in [3.05, 3.63) is 41.7 Å². The summed E-state index contributed by atoms with van der Waals surface area (Å²) in [5.41, 5.74) is 8.59. The largest absolute Gasteiger partial charge is 0.451 e. The molecule has 4 nitrogen and oxygen atoms in total. The van der Waals surface area contributed by atoms with Crippen LogP contribution in [0.5, 0.6) is 0 Å². The van der Waals surface area contributed by atoms with Gasteiger partial charge in [0.2, 0.25) is 0 Å². The predicted molar refractivity (Wildman–Crippen MR) is 92.3 cm³/mol. The van der Waals surface area contributed by atoms with Crippen LogP contribution in [0.4, 0.5) is 5.69 Å². The van der Waals surface area contributed by atoms with E-state index in [4.69, 9.17) is 10.2 Å². The van der Waals surface area contributed by atoms with Crippen molar-refractivity contribution >= 4 is 11.6 Å². The summed E-state index contributed by atoms with van der Waals surface area (Å²) in [7, 11) is 1.88. The third kappa shape index (κ3) is 3.11. The van der Waals surface area contributed by atoms with Crippen LogP contribution in [0.1, 0.15) is 48.2 Å². The predicted octanol–water partition coefficient (Wildman–Crippen LogP) is 4.24. The Morgan fingerprint density at radius 2 is 1.91 bits per heavy atom. The van der Waals surface area contributed by atoms with Crippen molar-refractivity contribution in [2.24, 2.45) is 0 Å². The van der Waals surface area contributed by atoms with Gasteiger partial charge < -0.3 is 15.1 Å². The first-order valence-electron chi connectivity index (χ1n) is 8.30. The number of hydrogen-bond donors (Lipinski definition) is 1. The zero-order valence-electron chi connectivity index (χ0n) is 13.8. The van der Waals surface area contributed by atoms with Crippen molar-refractivity contribution in [3.8, 4) is 11.3 Å². The Labute approximate surface area is 137 Å². The van der Waals surface area contributed by atoms with Gasteiger partial charge in [-0.1, -0.05) is 31.4 Å². The maximum Gasteiger partial charge on any atom is 0.289 e. The van der Waals surface area contributed by atoms with Gasteiger partial charge in [0.05, 0.1) is 0 Å². The fraction of sp³-hybridized carbons (Fsp3) is 0.421. The first-order valence-corrected chi connectivity index (χ1v) is 8.30. The number of carbonyl (C=O) groups is 1. The molecule has 0 atom stereocenters. The second-order valence-corrected chi connectivity index (χ2v) is 6.39. The van der Waals surface area contributed by atoms with Gasteiger partial charge in [-0.15, -0.1) is 0 Å². The minimum absolute atomic E-state index is 0.0373. The summed E-state index contributed by atoms with van der Waals surface area (Å²) in [6.07, 6.45) is 5.86. The van der Waals surface area contributed by atoms with E-state index in [1.165, 1.54) is 19.3 Å². The quantitative estimate of drug-likeness (QED) is 0.862. The minimum atomic E-state index is -0.0373. The third-order valence-corrected chi connectivity index (χ3v) is 4.90. The molecule has 2 aromatic rings. The molecule has 4 heteroatoms. The van der Waals surface area contributed by atoms with Crippen LogP contribution in [0.25, 0.3) is 11.3 Å². The average molecular weight is 312 g/mol. The highest BCUT2D eigenvalue weighted by molar-refractivity contribution is 5.92. The van der Waals surface area contributed by atoms with Gasteiger partial charge in [0.15, 0.2) is 5.76 Å². The molecule has 122 valence electrons. The number of furan rings is 1. The molecule has 3 rings (SSSR count). The summed E-state index contributed by atoms with van der Waals surface area (Å²) in [5, 5.41) is 0. The number of carbonyl (C=O) groups excluding carboxylic acids is 1. The number of rotatable bonds is 3. The Balaban J connectivity index is 1.81. The number of nitrogens with zero attached hydrogens (tertiary/aromatic N) is 1. The topological polar surface area (TPSA) is 59.5 Å². The molecule has 1 aliphatic carbocycles. The van der Waals surface area contributed by atoms with E-state index in [9.17, 15) is 4.79 Å². The van der Waals surface area contributed by atoms with Crippen molar-refractivity contribution in [2.45, 2.75) is 45.1 Å². The van der Waals surface area contributed by atoms with E-state index >= 15 is 0 Å². The summed E-state index contributed by atoms with van der Waals surface area (Å²) in [4.78, 5) is 14.5. The van der Waals surface area contributed by atoms with Crippen LogP contribution >= 0.6 is 0 Å². The number of hydrogen-bond acceptors (Lipinski definition) is 3. The fourth-order valence-corrected chi connectivity index (χ4v) is 3.33. The Hall–Kier alpha value is -2.23. The molecule has 0 aliphatic heterocycles. The van der Waals surface area contributed by atoms with E-state index in [1.807, 2.05) is 43.1 Å². The molecule has 1 heterocycles. The van der Waals surface area contributed by atoms with Crippen molar-refractivity contribution in [1.82, 2.24) is 4.90 Å². The Morgan fingerprint density at radius 3 is 2.65 bits per heavy atom. The van der Waals surface area contributed by atoms with Gasteiger partial charge in [-0.05, 0) is 43.5 Å². The molecule has 1 aromatic heterocycles. The molecule has 1 amide bonds. The summed E-state index contributed by atoms with van der Waals surface area (Å²) >= 11 is 0. The summed E-state index contributed by atoms with van der Waals surface area (Å²) in [6, 6.07) is 9.67. The average Bonchev–Trinajstić information content (AvgIpc) is 3.06. The summed E-state index contributed by atoms with van der Waals surface area (Å²) in [6.45, 7) is 1.96. The second kappa shape index (κ2) is 6.49. The smallest absolute Gasteiger partial charge is 0.289 e. The van der Waals surface area contributed by atoms with Crippen LogP contribution < -0.4 is 5.73 Å². The highest BCUT2D eigenvalue weighted by Crippen LogP contribution is 2.29. The molecule has 0 saturated heterocycles. The van der Waals surface area contributed by atoms with E-state index in [0.717, 1.165) is 29.7 Å². The lowest BCUT2D eigenvalue weighted by Crippen LogP contribution is -2.38. The normalized spacial score (nSPS) is 15.6. The van der Waals surface area contributed by atoms with Crippen LogP contribution in [0.15, 0.2) is 34.7 Å². The van der Waals surface area contributed by atoms with Gasteiger partial charge in [0.25, 0.3) is 5.91 Å². The van der Waals surface area contributed by atoms with Crippen molar-refractivity contribution in [1.29, 1.82) is 0 Å². The van der Waals surface area contributed by atoms with Crippen LogP contribution in [0, 0.1) is 6.92 Å². The zero-order valence-corrected chi connectivity index (χ0v) is 13.8. The van der Waals surface area contributed by atoms with Crippen LogP contribution in [-0.2, 0) is 0 Å². The summed E-state index contributed by atoms with van der Waals surface area (Å²) < 4.78 is 5.83. The van der Waals surface area contributed by atoms with Gasteiger partial charge in [0, 0.05) is 24.3 Å². The van der Waals surface area contributed by atoms with E-state index in [-0.39, 0.29) is 5.91 Å². The van der Waals surface area contributed by atoms with Crippen LogP contribution in [-0.4, -0.2) is 23.9 Å². The SMILES string of the molecule is Cc1c(N)cccc1-c1ccc(C(=O)N(C)C2CCCCC2)o1. The highest BCUT2D eigenvalue weighted by Gasteiger charge is 2.25. The van der Waals surface area contributed by atoms with E-state index < -0.39 is 0 Å². The van der Waals surface area contributed by atoms with Gasteiger partial charge in [-0.25, -0.2) is 0 Å². The molecule has 1 fully saturated rings. The lowest BCUT2D eigenvalue weighted by molar-refractivity contribution is 0.0665. The van der Waals surface area contributed by atoms with Gasteiger partial charge in [0.1, 0.15) is 5.76 Å². The number of benzene rings is 1. The minimum Gasteiger partial charge on any atom is -0.451 e. The molecule has 2 N–H and O–H groups in total. The Bertz CT molecular complexity index is 699. The van der Waals surface area contributed by atoms with Crippen molar-refractivity contribution < 1.29 is 9.21 Å². The van der Waals surface area contributed by atoms with Crippen molar-refractivity contribution in [2.75, 3.05) is 12.8 Å². The Morgan fingerprint density at radius 1 is 1.17 bits per heavy atom. The van der Waals surface area contributed by atoms with Gasteiger partial charge >= 0.3 is 0 Å². The maximum atomic E-state index is 12.6. The van der Waals surface area contributed by atoms with Crippen LogP contribution in [0.2, 0.25) is 0 Å². The number of nitrogen functional groups attached to an aromatic ring is 1. The Kier molecular flexibility index (Phi) is 4.42. The van der Waals surface area contributed by atoms with E-state index in [1.54, 1.807) is 6.07 Å². The first-order chi connectivity index (χ1) is 11.1. The third-order valence-electron chi connectivity index (χ3n) is 4.90. The zero-order chi connectivity index (χ0) is 16.4. The van der Waals surface area contributed by atoms with Crippen LogP contribution in [0.3, 0.4) is 0 Å². The molecule has 1 aromatic carbocycles. The molecule has 0 bridgehead atoms. The second-order valence-electron chi connectivity index (χ2n) is 6.39. The van der Waals surface area contributed by atoms with E-state index in [0.29, 0.717) is 17.6 Å². The van der Waals surface area contributed by atoms with Crippen molar-refractivity contribution in [3.63, 3.8) is 0 Å². The maximum absolute atomic E-state index is 12.6. The lowest BCUT2D eigenvalue weighted by Gasteiger charge is -2.30. The molecular formula is C19H24N2O2. The van der Waals surface area contributed by atoms with Gasteiger partial charge in [-0.2, -0.15) is 0 Å². The fourth-order valence-electron chi connectivity index (χ4n) is 3.33. The molecule has 0 unspecified atom stereocenters. The number of anilines is 1.